The van der Waals surface area contributed by atoms with Gasteiger partial charge in [-0.15, -0.1) is 0 Å². The topological polar surface area (TPSA) is 428 Å². The van der Waals surface area contributed by atoms with Gasteiger partial charge in [0.25, 0.3) is 0 Å². The summed E-state index contributed by atoms with van der Waals surface area (Å²) < 4.78 is 29.8. The van der Waals surface area contributed by atoms with Gasteiger partial charge in [0.05, 0.1) is 43.5 Å². The largest absolute Gasteiger partial charge is 0.508 e. The Labute approximate surface area is 706 Å². The number of aliphatic hydroxyl groups is 3. The summed E-state index contributed by atoms with van der Waals surface area (Å²) in [4.78, 5) is 155. The molecule has 4 fully saturated rings. The van der Waals surface area contributed by atoms with Crippen LogP contribution in [0.1, 0.15) is 121 Å². The van der Waals surface area contributed by atoms with Crippen LogP contribution in [0.2, 0.25) is 5.02 Å². The molecule has 4 aromatic carbocycles. The molecule has 1 unspecified atom stereocenters. The number of aliphatic hydroxyl groups excluding tert-OH is 2. The molecule has 31 nitrogen and oxygen atoms in total. The molecule has 6 heterocycles. The van der Waals surface area contributed by atoms with Crippen molar-refractivity contribution >= 4 is 109 Å². The highest BCUT2D eigenvalue weighted by Crippen LogP contribution is 2.50. The van der Waals surface area contributed by atoms with Crippen molar-refractivity contribution in [2.45, 2.75) is 220 Å². The summed E-state index contributed by atoms with van der Waals surface area (Å²) in [5, 5.41) is 63.4. The zero-order chi connectivity index (χ0) is 86.2. The Morgan fingerprint density at radius 3 is 2.17 bits per heavy atom. The first-order valence-corrected chi connectivity index (χ1v) is 43.1. The number of carbonyl (C=O) groups is 10. The molecule has 10 rings (SSSR count). The number of esters is 1. The number of phenols is 1. The van der Waals surface area contributed by atoms with E-state index in [1.807, 2.05) is 37.3 Å². The molecule has 0 radical (unpaired) electrons. The van der Waals surface area contributed by atoms with Gasteiger partial charge >= 0.3 is 12.1 Å². The molecule has 1 aromatic heterocycles. The van der Waals surface area contributed by atoms with Gasteiger partial charge in [0.2, 0.25) is 47.3 Å². The van der Waals surface area contributed by atoms with Crippen molar-refractivity contribution in [1.29, 1.82) is 0 Å². The Morgan fingerprint density at radius 1 is 0.824 bits per heavy atom. The maximum atomic E-state index is 15.4. The average Bonchev–Trinajstić information content (AvgIpc) is 1.57. The van der Waals surface area contributed by atoms with Crippen LogP contribution in [-0.4, -0.2) is 256 Å². The van der Waals surface area contributed by atoms with E-state index in [4.69, 9.17) is 41.0 Å². The number of aromatic nitrogens is 1. The van der Waals surface area contributed by atoms with Crippen LogP contribution >= 0.6 is 33.2 Å². The van der Waals surface area contributed by atoms with E-state index in [0.717, 1.165) is 26.9 Å². The summed E-state index contributed by atoms with van der Waals surface area (Å²) in [6.07, 6.45) is -0.310. The highest BCUT2D eigenvalue weighted by Gasteiger charge is 2.65. The third-order valence-electron chi connectivity index (χ3n) is 23.1. The lowest BCUT2D eigenvalue weighted by atomic mass is 9.83. The van der Waals surface area contributed by atoms with E-state index in [9.17, 15) is 54.0 Å². The molecule has 34 heteroatoms. The number of nitrogens with zero attached hydrogens (tertiary/aromatic N) is 4. The minimum Gasteiger partial charge on any atom is -0.508 e. The van der Waals surface area contributed by atoms with Crippen molar-refractivity contribution in [3.05, 3.63) is 148 Å². The molecule has 9 amide bonds. The quantitative estimate of drug-likeness (QED) is 0.0156. The number of carbonyl (C=O) groups excluding carboxylic acids is 10. The van der Waals surface area contributed by atoms with E-state index >= 15 is 14.4 Å². The number of aromatic amines is 1. The van der Waals surface area contributed by atoms with E-state index in [-0.39, 0.29) is 85.7 Å². The second kappa shape index (κ2) is 41.8. The number of allylic oxidation sites excluding steroid dienone is 3. The van der Waals surface area contributed by atoms with Crippen LogP contribution in [-0.2, 0) is 87.8 Å². The fraction of sp³-hybridized carbons (Fsp3) is 0.529. The Bertz CT molecular complexity index is 4480. The number of unbranched alkanes of at least 4 members (excludes halogenated alkanes) is 1. The van der Waals surface area contributed by atoms with E-state index in [2.05, 4.69) is 36.9 Å². The van der Waals surface area contributed by atoms with Crippen molar-refractivity contribution in [2.75, 3.05) is 65.6 Å². The lowest BCUT2D eigenvalue weighted by Gasteiger charge is -2.42. The van der Waals surface area contributed by atoms with Gasteiger partial charge in [-0.3, -0.25) is 49.0 Å². The molecular formula is C85H113ClN12O19S2. The van der Waals surface area contributed by atoms with Gasteiger partial charge in [-0.05, 0) is 138 Å². The minimum atomic E-state index is -1.92. The molecular weight excluding hydrogens is 1590 g/mol. The number of likely N-dealkylation sites (N-methyl/N-ethyl adjacent to an activating group) is 2. The standard InChI is InChI=1S/C85H113ClN12O19S2/c1-48-19-18-25-68(114-10)85(112)46-67(115-83(111)94-85)49(2)75-84(5,117-75)69(45-72(103)96(7)65-42-54(39-48)43-66(113-9)73(65)86)116-82(110)50(3)95(6)70(101)34-38-118-119-57-32-36-98(37-33-57)71(102)31-30-64-79(107)91-61(40-53-26-28-56(100)29-27-53)77(105)90-62(44-55-47-88-59-23-15-14-22-58(55)59)78(106)89-60(24-16-17-35-87)76(104)93-74(51(4)99)80(108)92-63(81(109)97(64)8)41-52-20-12-11-13-21-52/h11-15,18-23,25-29,42-43,47,49-51,57,60-64,67-69,74-75,80,88,92,99-100,108,112H,16-17,24,30-41,44-46,87H2,1-10H3,(H,89,106)(H,90,105)(H,91,107)(H,93,104)(H,94,111)/b25-18+,48-19+/t49-,50+,51-,60+,61+,62-,63+,64+,67+,68-,69+,74+,75+,80?,84+,85+/m1/s1. The van der Waals surface area contributed by atoms with Gasteiger partial charge in [-0.25, -0.2) is 9.59 Å². The van der Waals surface area contributed by atoms with Crippen molar-refractivity contribution in [3.63, 3.8) is 0 Å². The summed E-state index contributed by atoms with van der Waals surface area (Å²) in [6.45, 7) is 9.12. The first-order chi connectivity index (χ1) is 56.7. The number of nitrogens with one attached hydrogen (secondary N) is 7. The number of rotatable bonds is 24. The van der Waals surface area contributed by atoms with Crippen LogP contribution in [0.25, 0.3) is 10.9 Å². The number of likely N-dealkylation sites (tertiary alicyclic amines) is 1. The molecule has 4 saturated heterocycles. The Balaban J connectivity index is 0.810. The number of hydrogen-bond donors (Lipinski definition) is 12. The van der Waals surface area contributed by atoms with E-state index < -0.39 is 150 Å². The fourth-order valence-corrected chi connectivity index (χ4v) is 18.6. The monoisotopic (exact) mass is 1700 g/mol. The maximum absolute atomic E-state index is 15.4. The van der Waals surface area contributed by atoms with E-state index in [1.54, 1.807) is 110 Å². The van der Waals surface area contributed by atoms with Crippen molar-refractivity contribution in [3.8, 4) is 11.5 Å². The van der Waals surface area contributed by atoms with Crippen LogP contribution in [0.4, 0.5) is 10.5 Å². The second-order valence-corrected chi connectivity index (χ2v) is 34.9. The molecule has 119 heavy (non-hydrogen) atoms. The maximum Gasteiger partial charge on any atom is 0.409 e. The number of alkyl carbamates (subject to hydrolysis) is 1. The number of para-hydroxylation sites is 1. The third-order valence-corrected chi connectivity index (χ3v) is 26.5. The molecule has 0 saturated carbocycles. The molecule has 13 N–H and O–H groups in total. The number of ether oxygens (including phenoxy) is 5. The lowest BCUT2D eigenvalue weighted by molar-refractivity contribution is -0.162. The number of halogens is 1. The molecule has 5 aliphatic rings. The summed E-state index contributed by atoms with van der Waals surface area (Å²) in [6, 6.07) is 16.0. The van der Waals surface area contributed by atoms with Gasteiger partial charge in [0, 0.05) is 107 Å². The van der Waals surface area contributed by atoms with Crippen LogP contribution < -0.4 is 47.3 Å². The Morgan fingerprint density at radius 2 is 1.48 bits per heavy atom. The fourth-order valence-electron chi connectivity index (χ4n) is 15.7. The number of epoxide rings is 1. The number of hydrogen-bond acceptors (Lipinski definition) is 23. The number of methoxy groups -OCH3 is 2. The van der Waals surface area contributed by atoms with Gasteiger partial charge in [-0.1, -0.05) is 125 Å². The van der Waals surface area contributed by atoms with Crippen LogP contribution in [0.5, 0.6) is 11.5 Å². The average molecular weight is 1710 g/mol. The number of benzene rings is 4. The lowest BCUT2D eigenvalue weighted by Crippen LogP contribution is -2.64. The SMILES string of the molecule is COc1cc2cc(c1Cl)N(C)C(=O)C[C@H](OC(=O)[C@H](C)N(C)C(=O)CCSSC1CCN(C(=O)CC[C@H]3C(=O)N[C@@H](Cc4ccc(O)cc4)C(=O)N[C@H](Cc4c[nH]c5ccccc45)C(=O)N[C@@H](CCCCN)C(=O)N[C@@H]([C@@H](C)O)C(O)N[C@@H](Cc4ccccc4)C(=O)N3C)CC1)[C@]1(C)O[C@H]1[C@H](C)[C@@H]1C[C@@](O)(NC(=O)O1)[C@H](OC)/C=C/C=C(\C)C2. The molecule has 16 atom stereocenters. The van der Waals surface area contributed by atoms with Crippen LogP contribution in [0.15, 0.2) is 121 Å². The van der Waals surface area contributed by atoms with Crippen LogP contribution in [0, 0.1) is 5.92 Å². The number of amides is 9. The van der Waals surface area contributed by atoms with E-state index in [0.29, 0.717) is 79.1 Å². The zero-order valence-electron chi connectivity index (χ0n) is 68.8. The second-order valence-electron chi connectivity index (χ2n) is 31.7. The van der Waals surface area contributed by atoms with Gasteiger partial charge in [0.1, 0.15) is 76.9 Å². The number of H-pyrrole nitrogens is 1. The molecule has 5 aromatic rings. The third kappa shape index (κ3) is 23.7. The summed E-state index contributed by atoms with van der Waals surface area (Å²) in [7, 11) is 10.3. The first-order valence-electron chi connectivity index (χ1n) is 40.3. The number of nitrogens with two attached hydrogens (primary N) is 1. The van der Waals surface area contributed by atoms with Crippen molar-refractivity contribution in [1.82, 2.24) is 51.6 Å². The summed E-state index contributed by atoms with van der Waals surface area (Å²) >= 11 is 6.90. The normalized spacial score (nSPS) is 27.9. The van der Waals surface area contributed by atoms with Crippen molar-refractivity contribution in [2.24, 2.45) is 11.7 Å². The smallest absolute Gasteiger partial charge is 0.409 e. The van der Waals surface area contributed by atoms with Gasteiger partial charge in [-0.2, -0.15) is 0 Å². The summed E-state index contributed by atoms with van der Waals surface area (Å²) in [5.41, 5.74) is 7.06. The highest BCUT2D eigenvalue weighted by molar-refractivity contribution is 8.76. The number of aromatic hydroxyl groups is 1. The predicted molar refractivity (Wildman–Crippen MR) is 450 cm³/mol. The molecule has 5 aliphatic heterocycles. The predicted octanol–water partition coefficient (Wildman–Crippen LogP) is 5.54. The first kappa shape index (κ1) is 92.0. The number of piperidine rings is 1. The zero-order valence-corrected chi connectivity index (χ0v) is 71.2. The van der Waals surface area contributed by atoms with Crippen molar-refractivity contribution < 1.29 is 92.1 Å². The number of phenolic OH excluding ortho intramolecular Hbond substituents is 1. The summed E-state index contributed by atoms with van der Waals surface area (Å²) in [5.74, 6) is -6.04. The molecule has 0 spiro atoms. The Hall–Kier alpha value is -9.29. The van der Waals surface area contributed by atoms with Gasteiger partial charge in [0.15, 0.2) is 5.72 Å². The van der Waals surface area contributed by atoms with Crippen LogP contribution in [0.3, 0.4) is 0 Å². The van der Waals surface area contributed by atoms with E-state index in [1.165, 1.54) is 74.9 Å². The highest BCUT2D eigenvalue weighted by atomic mass is 35.5. The van der Waals surface area contributed by atoms with Gasteiger partial charge < -0.3 is 95.7 Å². The molecule has 0 aliphatic carbocycles. The molecule has 4 bridgehead atoms. The Kier molecular flexibility index (Phi) is 32.3. The number of fused-ring (bicyclic) bond motifs is 6. The number of anilines is 1. The minimum absolute atomic E-state index is 0.0220. The molecule has 646 valence electrons.